The minimum atomic E-state index is -4.51. The van der Waals surface area contributed by atoms with E-state index in [1.807, 2.05) is 6.07 Å². The molecular weight excluding hydrogens is 481 g/mol. The van der Waals surface area contributed by atoms with Crippen LogP contribution in [0.2, 0.25) is 0 Å². The summed E-state index contributed by atoms with van der Waals surface area (Å²) in [5, 5.41) is 5.99. The van der Waals surface area contributed by atoms with Gasteiger partial charge in [0.1, 0.15) is 0 Å². The van der Waals surface area contributed by atoms with Gasteiger partial charge < -0.3 is 20.4 Å². The first-order valence-corrected chi connectivity index (χ1v) is 11.6. The van der Waals surface area contributed by atoms with Crippen molar-refractivity contribution in [3.8, 4) is 0 Å². The van der Waals surface area contributed by atoms with Crippen LogP contribution in [0.15, 0.2) is 36.4 Å². The van der Waals surface area contributed by atoms with E-state index >= 15 is 0 Å². The monoisotopic (exact) mass is 510 g/mol. The van der Waals surface area contributed by atoms with E-state index in [2.05, 4.69) is 22.5 Å². The smallest absolute Gasteiger partial charge is 0.382 e. The Morgan fingerprint density at radius 1 is 1.09 bits per heavy atom. The summed E-state index contributed by atoms with van der Waals surface area (Å²) in [6, 6.07) is 8.48. The summed E-state index contributed by atoms with van der Waals surface area (Å²) >= 11 is 0. The lowest BCUT2D eigenvalue weighted by Gasteiger charge is -2.32. The van der Waals surface area contributed by atoms with E-state index in [1.54, 1.807) is 24.1 Å². The molecule has 2 aliphatic rings. The number of alkyl halides is 3. The standard InChI is InChI=1S/C25H29F3N4O2.ClH/c1-3-32-12-10-18(11-13-32)29-21-14-17(25(26,27)28)6-8-20(21)24(34)30-19-7-4-16-5-9-23(33)31(2)22(16)15-19;/h4,6-8,14-15,18,29H,3,5,9-13H2,1-2H3,(H,30,34);1H. The summed E-state index contributed by atoms with van der Waals surface area (Å²) in [5.41, 5.74) is 1.73. The number of carbonyl (C=O) groups excluding carboxylic acids is 2. The van der Waals surface area contributed by atoms with Gasteiger partial charge in [-0.2, -0.15) is 13.2 Å². The van der Waals surface area contributed by atoms with Gasteiger partial charge >= 0.3 is 6.18 Å². The van der Waals surface area contributed by atoms with Crippen LogP contribution in [0.5, 0.6) is 0 Å². The highest BCUT2D eigenvalue weighted by Crippen LogP contribution is 2.34. The van der Waals surface area contributed by atoms with Crippen molar-refractivity contribution in [3.05, 3.63) is 53.1 Å². The molecule has 4 rings (SSSR count). The molecule has 2 aliphatic heterocycles. The quantitative estimate of drug-likeness (QED) is 0.581. The number of aryl methyl sites for hydroxylation is 1. The summed E-state index contributed by atoms with van der Waals surface area (Å²) in [7, 11) is 1.69. The normalized spacial score (nSPS) is 16.9. The fourth-order valence-electron chi connectivity index (χ4n) is 4.56. The van der Waals surface area contributed by atoms with E-state index in [0.717, 1.165) is 55.9 Å². The van der Waals surface area contributed by atoms with E-state index < -0.39 is 17.6 Å². The molecule has 0 spiro atoms. The van der Waals surface area contributed by atoms with Crippen LogP contribution in [0, 0.1) is 0 Å². The average molecular weight is 511 g/mol. The Hall–Kier alpha value is -2.78. The zero-order valence-corrected chi connectivity index (χ0v) is 20.6. The lowest BCUT2D eigenvalue weighted by Crippen LogP contribution is -2.39. The molecule has 6 nitrogen and oxygen atoms in total. The molecule has 10 heteroatoms. The summed E-state index contributed by atoms with van der Waals surface area (Å²) in [5.74, 6) is -0.508. The van der Waals surface area contributed by atoms with E-state index in [-0.39, 0.29) is 35.6 Å². The molecule has 2 aromatic rings. The van der Waals surface area contributed by atoms with Crippen LogP contribution < -0.4 is 15.5 Å². The molecule has 0 aliphatic carbocycles. The maximum atomic E-state index is 13.4. The fraction of sp³-hybridized carbons (Fsp3) is 0.440. The second-order valence-electron chi connectivity index (χ2n) is 8.86. The molecule has 2 heterocycles. The first kappa shape index (κ1) is 26.8. The van der Waals surface area contributed by atoms with Gasteiger partial charge in [-0.1, -0.05) is 13.0 Å². The molecule has 35 heavy (non-hydrogen) atoms. The average Bonchev–Trinajstić information content (AvgIpc) is 2.81. The van der Waals surface area contributed by atoms with Gasteiger partial charge in [-0.15, -0.1) is 12.4 Å². The summed E-state index contributed by atoms with van der Waals surface area (Å²) in [6.45, 7) is 4.73. The van der Waals surface area contributed by atoms with Gasteiger partial charge in [0.15, 0.2) is 0 Å². The number of nitrogens with zero attached hydrogens (tertiary/aromatic N) is 2. The van der Waals surface area contributed by atoms with Crippen LogP contribution in [0.3, 0.4) is 0 Å². The van der Waals surface area contributed by atoms with Crippen molar-refractivity contribution in [1.82, 2.24) is 4.90 Å². The van der Waals surface area contributed by atoms with Crippen LogP contribution in [0.25, 0.3) is 0 Å². The second-order valence-corrected chi connectivity index (χ2v) is 8.86. The van der Waals surface area contributed by atoms with Gasteiger partial charge in [0, 0.05) is 49.7 Å². The number of nitrogens with one attached hydrogen (secondary N) is 2. The van der Waals surface area contributed by atoms with E-state index in [9.17, 15) is 22.8 Å². The molecular formula is C25H30ClF3N4O2. The van der Waals surface area contributed by atoms with Gasteiger partial charge in [-0.05, 0) is 61.7 Å². The number of rotatable bonds is 5. The maximum Gasteiger partial charge on any atom is 0.416 e. The number of hydrogen-bond donors (Lipinski definition) is 2. The van der Waals surface area contributed by atoms with E-state index in [0.29, 0.717) is 18.5 Å². The highest BCUT2D eigenvalue weighted by Gasteiger charge is 2.32. The third kappa shape index (κ3) is 6.08. The van der Waals surface area contributed by atoms with Gasteiger partial charge in [0.2, 0.25) is 5.91 Å². The van der Waals surface area contributed by atoms with Crippen molar-refractivity contribution in [1.29, 1.82) is 0 Å². The van der Waals surface area contributed by atoms with Crippen molar-refractivity contribution in [2.45, 2.75) is 44.8 Å². The Labute approximate surface area is 209 Å². The topological polar surface area (TPSA) is 64.7 Å². The van der Waals surface area contributed by atoms with Gasteiger partial charge in [-0.25, -0.2) is 0 Å². The lowest BCUT2D eigenvalue weighted by molar-refractivity contribution is -0.137. The Kier molecular flexibility index (Phi) is 8.33. The highest BCUT2D eigenvalue weighted by atomic mass is 35.5. The Morgan fingerprint density at radius 3 is 2.46 bits per heavy atom. The first-order chi connectivity index (χ1) is 16.2. The van der Waals surface area contributed by atoms with Crippen LogP contribution in [-0.2, 0) is 17.4 Å². The fourth-order valence-corrected chi connectivity index (χ4v) is 4.56. The van der Waals surface area contributed by atoms with Crippen LogP contribution >= 0.6 is 12.4 Å². The molecule has 0 radical (unpaired) electrons. The molecule has 1 saturated heterocycles. The zero-order valence-electron chi connectivity index (χ0n) is 19.7. The van der Waals surface area contributed by atoms with Crippen molar-refractivity contribution < 1.29 is 22.8 Å². The Bertz CT molecular complexity index is 1080. The van der Waals surface area contributed by atoms with Crippen molar-refractivity contribution in [3.63, 3.8) is 0 Å². The van der Waals surface area contributed by atoms with Gasteiger partial charge in [0.05, 0.1) is 11.1 Å². The van der Waals surface area contributed by atoms with Crippen LogP contribution in [0.4, 0.5) is 30.2 Å². The second kappa shape index (κ2) is 10.9. The SMILES string of the molecule is CCN1CCC(Nc2cc(C(F)(F)F)ccc2C(=O)Nc2ccc3c(c2)N(C)C(=O)CC3)CC1.Cl. The number of fused-ring (bicyclic) bond motifs is 1. The lowest BCUT2D eigenvalue weighted by atomic mass is 10.0. The minimum absolute atomic E-state index is 0. The number of benzene rings is 2. The number of hydrogen-bond acceptors (Lipinski definition) is 4. The number of amides is 2. The highest BCUT2D eigenvalue weighted by molar-refractivity contribution is 6.08. The molecule has 190 valence electrons. The number of carbonyl (C=O) groups is 2. The third-order valence-corrected chi connectivity index (χ3v) is 6.67. The minimum Gasteiger partial charge on any atom is -0.382 e. The number of piperidine rings is 1. The Morgan fingerprint density at radius 2 is 1.80 bits per heavy atom. The van der Waals surface area contributed by atoms with E-state index in [4.69, 9.17) is 0 Å². The van der Waals surface area contributed by atoms with Gasteiger partial charge in [-0.3, -0.25) is 9.59 Å². The zero-order chi connectivity index (χ0) is 24.5. The van der Waals surface area contributed by atoms with Gasteiger partial charge in [0.25, 0.3) is 5.91 Å². The molecule has 0 bridgehead atoms. The molecule has 0 aromatic heterocycles. The van der Waals surface area contributed by atoms with Crippen molar-refractivity contribution in [2.75, 3.05) is 42.2 Å². The first-order valence-electron chi connectivity index (χ1n) is 11.6. The molecule has 1 fully saturated rings. The maximum absolute atomic E-state index is 13.4. The van der Waals surface area contributed by atoms with Crippen LogP contribution in [-0.4, -0.2) is 49.4 Å². The summed E-state index contributed by atoms with van der Waals surface area (Å²) < 4.78 is 40.2. The largest absolute Gasteiger partial charge is 0.416 e. The molecule has 0 saturated carbocycles. The predicted octanol–water partition coefficient (Wildman–Crippen LogP) is 5.18. The number of anilines is 3. The van der Waals surface area contributed by atoms with Crippen molar-refractivity contribution >= 4 is 41.3 Å². The van der Waals surface area contributed by atoms with Crippen LogP contribution in [0.1, 0.15) is 47.7 Å². The molecule has 2 N–H and O–H groups in total. The molecule has 2 amide bonds. The van der Waals surface area contributed by atoms with Crippen molar-refractivity contribution in [2.24, 2.45) is 0 Å². The molecule has 0 atom stereocenters. The third-order valence-electron chi connectivity index (χ3n) is 6.67. The number of halogens is 4. The predicted molar refractivity (Wildman–Crippen MR) is 134 cm³/mol. The molecule has 2 aromatic carbocycles. The summed E-state index contributed by atoms with van der Waals surface area (Å²) in [6.07, 6.45) is -1.86. The Balaban J connectivity index is 0.00000342. The van der Waals surface area contributed by atoms with E-state index in [1.165, 1.54) is 6.07 Å². The molecule has 0 unspecified atom stereocenters. The summed E-state index contributed by atoms with van der Waals surface area (Å²) in [4.78, 5) is 29.0. The number of likely N-dealkylation sites (tertiary alicyclic amines) is 1.